The maximum Gasteiger partial charge on any atom is 0.223 e. The second kappa shape index (κ2) is 7.21. The topological polar surface area (TPSA) is 66.2 Å². The lowest BCUT2D eigenvalue weighted by molar-refractivity contribution is 0.382. The van der Waals surface area contributed by atoms with Gasteiger partial charge in [0.1, 0.15) is 5.75 Å². The molecule has 1 aromatic carbocycles. The van der Waals surface area contributed by atoms with Crippen LogP contribution in [0, 0.1) is 0 Å². The van der Waals surface area contributed by atoms with E-state index in [1.54, 1.807) is 10.7 Å². The minimum atomic E-state index is 0.276. The van der Waals surface area contributed by atoms with Crippen molar-refractivity contribution in [1.82, 2.24) is 20.1 Å². The van der Waals surface area contributed by atoms with E-state index in [0.717, 1.165) is 36.5 Å². The van der Waals surface area contributed by atoms with Crippen LogP contribution in [0.15, 0.2) is 18.2 Å². The molecule has 3 rings (SSSR count). The van der Waals surface area contributed by atoms with Gasteiger partial charge in [0.05, 0.1) is 0 Å². The summed E-state index contributed by atoms with van der Waals surface area (Å²) in [6.07, 6.45) is 5.90. The number of phenols is 1. The van der Waals surface area contributed by atoms with Crippen LogP contribution in [0.3, 0.4) is 0 Å². The van der Waals surface area contributed by atoms with E-state index in [9.17, 15) is 5.11 Å². The zero-order chi connectivity index (χ0) is 17.1. The summed E-state index contributed by atoms with van der Waals surface area (Å²) in [7, 11) is 5.77. The molecule has 1 atom stereocenters. The van der Waals surface area contributed by atoms with Gasteiger partial charge in [-0.3, -0.25) is 0 Å². The average Bonchev–Trinajstić information content (AvgIpc) is 2.96. The molecule has 0 bridgehead atoms. The van der Waals surface area contributed by atoms with Crippen molar-refractivity contribution >= 4 is 5.95 Å². The van der Waals surface area contributed by atoms with Gasteiger partial charge in [0.2, 0.25) is 5.95 Å². The van der Waals surface area contributed by atoms with E-state index >= 15 is 0 Å². The molecule has 0 amide bonds. The van der Waals surface area contributed by atoms with Crippen LogP contribution in [0.2, 0.25) is 0 Å². The van der Waals surface area contributed by atoms with Gasteiger partial charge in [0.15, 0.2) is 5.82 Å². The predicted octanol–water partition coefficient (Wildman–Crippen LogP) is 2.33. The van der Waals surface area contributed by atoms with Crippen LogP contribution in [0.1, 0.15) is 31.2 Å². The van der Waals surface area contributed by atoms with Crippen molar-refractivity contribution in [2.24, 2.45) is 7.05 Å². The number of benzene rings is 1. The maximum atomic E-state index is 10.1. The molecule has 2 heterocycles. The first kappa shape index (κ1) is 16.8. The Morgan fingerprint density at radius 3 is 2.79 bits per heavy atom. The van der Waals surface area contributed by atoms with Gasteiger partial charge in [-0.25, -0.2) is 4.68 Å². The number of hydrogen-bond donors (Lipinski definition) is 2. The molecule has 0 aliphatic carbocycles. The first-order chi connectivity index (χ1) is 11.5. The summed E-state index contributed by atoms with van der Waals surface area (Å²) in [5, 5.41) is 18.1. The van der Waals surface area contributed by atoms with Crippen molar-refractivity contribution in [3.63, 3.8) is 0 Å². The summed E-state index contributed by atoms with van der Waals surface area (Å²) >= 11 is 0. The molecule has 2 aromatic rings. The summed E-state index contributed by atoms with van der Waals surface area (Å²) in [4.78, 5) is 6.49. The van der Waals surface area contributed by atoms with Gasteiger partial charge in [-0.05, 0) is 56.0 Å². The van der Waals surface area contributed by atoms with Gasteiger partial charge in [-0.1, -0.05) is 6.42 Å². The first-order valence-corrected chi connectivity index (χ1v) is 8.68. The number of aromatic nitrogens is 3. The predicted molar refractivity (Wildman–Crippen MR) is 96.4 cm³/mol. The SMILES string of the molecule is CN(C)c1nc(-c2cc(O)cc(CCC3CCCCN3)c2)nn1C. The Balaban J connectivity index is 1.77. The van der Waals surface area contributed by atoms with Crippen LogP contribution >= 0.6 is 0 Å². The van der Waals surface area contributed by atoms with Crippen molar-refractivity contribution in [2.45, 2.75) is 38.1 Å². The molecular formula is C18H27N5O. The molecule has 6 heteroatoms. The first-order valence-electron chi connectivity index (χ1n) is 8.68. The number of rotatable bonds is 5. The van der Waals surface area contributed by atoms with Gasteiger partial charge < -0.3 is 15.3 Å². The number of aromatic hydroxyl groups is 1. The van der Waals surface area contributed by atoms with Gasteiger partial charge >= 0.3 is 0 Å². The molecule has 130 valence electrons. The summed E-state index contributed by atoms with van der Waals surface area (Å²) in [5.74, 6) is 1.72. The fraction of sp³-hybridized carbons (Fsp3) is 0.556. The number of anilines is 1. The molecule has 24 heavy (non-hydrogen) atoms. The van der Waals surface area contributed by atoms with E-state index < -0.39 is 0 Å². The lowest BCUT2D eigenvalue weighted by Crippen LogP contribution is -2.34. The monoisotopic (exact) mass is 329 g/mol. The Kier molecular flexibility index (Phi) is 5.04. The molecular weight excluding hydrogens is 302 g/mol. The molecule has 1 unspecified atom stereocenters. The molecule has 0 radical (unpaired) electrons. The summed E-state index contributed by atoms with van der Waals surface area (Å²) in [6, 6.07) is 6.27. The van der Waals surface area contributed by atoms with Crippen LogP contribution in [0.25, 0.3) is 11.4 Å². The molecule has 1 aliphatic heterocycles. The standard InChI is InChI=1S/C18H27N5O/c1-22(2)18-20-17(21-23(18)3)14-10-13(11-16(24)12-14)7-8-15-6-4-5-9-19-15/h10-12,15,19,24H,4-9H2,1-3H3. The van der Waals surface area contributed by atoms with Crippen LogP contribution in [-0.2, 0) is 13.5 Å². The van der Waals surface area contributed by atoms with E-state index in [1.807, 2.05) is 32.1 Å². The quantitative estimate of drug-likeness (QED) is 0.881. The van der Waals surface area contributed by atoms with E-state index in [4.69, 9.17) is 0 Å². The highest BCUT2D eigenvalue weighted by atomic mass is 16.3. The zero-order valence-corrected chi connectivity index (χ0v) is 14.8. The van der Waals surface area contributed by atoms with Gasteiger partial charge in [0.25, 0.3) is 0 Å². The number of piperidine rings is 1. The van der Waals surface area contributed by atoms with Crippen molar-refractivity contribution in [1.29, 1.82) is 0 Å². The Hall–Kier alpha value is -2.08. The van der Waals surface area contributed by atoms with Crippen molar-refractivity contribution < 1.29 is 5.11 Å². The van der Waals surface area contributed by atoms with E-state index in [-0.39, 0.29) is 5.75 Å². The average molecular weight is 329 g/mol. The number of nitrogens with zero attached hydrogens (tertiary/aromatic N) is 4. The fourth-order valence-electron chi connectivity index (χ4n) is 3.35. The Morgan fingerprint density at radius 1 is 1.29 bits per heavy atom. The van der Waals surface area contributed by atoms with Crippen LogP contribution in [0.5, 0.6) is 5.75 Å². The van der Waals surface area contributed by atoms with Gasteiger partial charge in [-0.15, -0.1) is 5.10 Å². The lowest BCUT2D eigenvalue weighted by Gasteiger charge is -2.23. The molecule has 1 saturated heterocycles. The molecule has 0 spiro atoms. The number of hydrogen-bond acceptors (Lipinski definition) is 5. The zero-order valence-electron chi connectivity index (χ0n) is 14.8. The van der Waals surface area contributed by atoms with E-state index in [1.165, 1.54) is 19.3 Å². The summed E-state index contributed by atoms with van der Waals surface area (Å²) in [5.41, 5.74) is 2.00. The molecule has 0 saturated carbocycles. The second-order valence-corrected chi connectivity index (χ2v) is 6.83. The Labute approximate surface area is 143 Å². The van der Waals surface area contributed by atoms with Crippen LogP contribution in [0.4, 0.5) is 5.95 Å². The third-order valence-electron chi connectivity index (χ3n) is 4.57. The maximum absolute atomic E-state index is 10.1. The summed E-state index contributed by atoms with van der Waals surface area (Å²) in [6.45, 7) is 1.13. The molecule has 2 N–H and O–H groups in total. The Morgan fingerprint density at radius 2 is 2.12 bits per heavy atom. The van der Waals surface area contributed by atoms with Crippen molar-refractivity contribution in [3.8, 4) is 17.1 Å². The van der Waals surface area contributed by atoms with Crippen molar-refractivity contribution in [3.05, 3.63) is 23.8 Å². The second-order valence-electron chi connectivity index (χ2n) is 6.83. The van der Waals surface area contributed by atoms with Gasteiger partial charge in [-0.2, -0.15) is 4.98 Å². The third-order valence-corrected chi connectivity index (χ3v) is 4.57. The number of phenolic OH excluding ortho intramolecular Hbond substituents is 1. The highest BCUT2D eigenvalue weighted by molar-refractivity contribution is 5.60. The minimum absolute atomic E-state index is 0.276. The number of nitrogens with one attached hydrogen (secondary N) is 1. The molecule has 1 fully saturated rings. The van der Waals surface area contributed by atoms with E-state index in [0.29, 0.717) is 11.9 Å². The molecule has 1 aromatic heterocycles. The largest absolute Gasteiger partial charge is 0.508 e. The van der Waals surface area contributed by atoms with Crippen molar-refractivity contribution in [2.75, 3.05) is 25.5 Å². The molecule has 6 nitrogen and oxygen atoms in total. The Bertz CT molecular complexity index is 689. The number of aryl methyl sites for hydroxylation is 2. The van der Waals surface area contributed by atoms with E-state index in [2.05, 4.69) is 21.5 Å². The summed E-state index contributed by atoms with van der Waals surface area (Å²) < 4.78 is 1.75. The minimum Gasteiger partial charge on any atom is -0.508 e. The highest BCUT2D eigenvalue weighted by Crippen LogP contribution is 2.26. The molecule has 1 aliphatic rings. The smallest absolute Gasteiger partial charge is 0.223 e. The normalized spacial score (nSPS) is 17.9. The van der Waals surface area contributed by atoms with Gasteiger partial charge in [0, 0.05) is 32.7 Å². The third kappa shape index (κ3) is 3.87. The lowest BCUT2D eigenvalue weighted by atomic mass is 9.97. The van der Waals surface area contributed by atoms with Crippen LogP contribution < -0.4 is 10.2 Å². The fourth-order valence-corrected chi connectivity index (χ4v) is 3.35. The highest BCUT2D eigenvalue weighted by Gasteiger charge is 2.15. The van der Waals surface area contributed by atoms with Crippen LogP contribution in [-0.4, -0.2) is 46.6 Å².